The van der Waals surface area contributed by atoms with Crippen LogP contribution in [0.2, 0.25) is 0 Å². The highest BCUT2D eigenvalue weighted by molar-refractivity contribution is 7.12. The smallest absolute Gasteiger partial charge is 0.244 e. The quantitative estimate of drug-likeness (QED) is 0.468. The summed E-state index contributed by atoms with van der Waals surface area (Å²) >= 11 is 1.60. The minimum Gasteiger partial charge on any atom is -0.342 e. The average Bonchev–Trinajstić information content (AvgIpc) is 3.16. The van der Waals surface area contributed by atoms with E-state index >= 15 is 0 Å². The first-order valence-electron chi connectivity index (χ1n) is 11.3. The zero-order chi connectivity index (χ0) is 22.7. The molecule has 168 valence electrons. The zero-order valence-corrected chi connectivity index (χ0v) is 19.7. The van der Waals surface area contributed by atoms with Gasteiger partial charge in [0.05, 0.1) is 11.2 Å². The fraction of sp³-hybridized carbons (Fsp3) is 0.385. The number of hydrogen-bond acceptors (Lipinski definition) is 4. The molecule has 1 saturated carbocycles. The van der Waals surface area contributed by atoms with Crippen LogP contribution >= 0.6 is 11.3 Å². The molecule has 4 rings (SSSR count). The molecular formula is C26H30FN3OS. The van der Waals surface area contributed by atoms with E-state index in [1.165, 1.54) is 6.07 Å². The number of likely N-dealkylation sites (N-methyl/N-ethyl adjacent to an activating group) is 1. The lowest BCUT2D eigenvalue weighted by Gasteiger charge is -2.44. The topological polar surface area (TPSA) is 45.2 Å². The second-order valence-corrected chi connectivity index (χ2v) is 9.54. The molecule has 4 nitrogen and oxygen atoms in total. The molecule has 6 heteroatoms. The van der Waals surface area contributed by atoms with E-state index in [0.717, 1.165) is 34.7 Å². The van der Waals surface area contributed by atoms with Gasteiger partial charge in [0.15, 0.2) is 0 Å². The van der Waals surface area contributed by atoms with Crippen LogP contribution in [0.5, 0.6) is 0 Å². The van der Waals surface area contributed by atoms with Crippen molar-refractivity contribution in [3.8, 4) is 11.3 Å². The molecule has 1 aliphatic carbocycles. The summed E-state index contributed by atoms with van der Waals surface area (Å²) in [4.78, 5) is 21.3. The number of nitrogens with zero attached hydrogens (tertiary/aromatic N) is 2. The minimum atomic E-state index is -0.447. The Labute approximate surface area is 193 Å². The van der Waals surface area contributed by atoms with Crippen molar-refractivity contribution in [2.24, 2.45) is 0 Å². The lowest BCUT2D eigenvalue weighted by Crippen LogP contribution is -2.53. The largest absolute Gasteiger partial charge is 0.342 e. The van der Waals surface area contributed by atoms with Gasteiger partial charge in [0.2, 0.25) is 5.91 Å². The standard InChI is InChI=1S/C26H30FN3OS/c1-4-30(5-2)24(31)23(19-12-7-6-8-13-19)29-26(16-11-17-26)25-28-22(18(3)32-25)20-14-9-10-15-21(20)27/h6-10,12-15,23,29H,4-5,11,16-17H2,1-3H3. The number of carbonyl (C=O) groups excluding carboxylic acids is 1. The summed E-state index contributed by atoms with van der Waals surface area (Å²) in [7, 11) is 0. The third-order valence-corrected chi connectivity index (χ3v) is 7.59. The van der Waals surface area contributed by atoms with Gasteiger partial charge in [0.25, 0.3) is 0 Å². The van der Waals surface area contributed by atoms with Crippen LogP contribution in [0.15, 0.2) is 54.6 Å². The third kappa shape index (κ3) is 4.21. The average molecular weight is 452 g/mol. The highest BCUT2D eigenvalue weighted by Crippen LogP contribution is 2.46. The Hall–Kier alpha value is -2.57. The molecule has 1 heterocycles. The van der Waals surface area contributed by atoms with E-state index in [1.807, 2.05) is 62.1 Å². The molecule has 1 atom stereocenters. The predicted molar refractivity (Wildman–Crippen MR) is 128 cm³/mol. The Morgan fingerprint density at radius 3 is 2.38 bits per heavy atom. The number of amides is 1. The number of nitrogens with one attached hydrogen (secondary N) is 1. The van der Waals surface area contributed by atoms with E-state index in [9.17, 15) is 9.18 Å². The second-order valence-electron chi connectivity index (χ2n) is 8.34. The van der Waals surface area contributed by atoms with Gasteiger partial charge in [0, 0.05) is 23.5 Å². The first-order valence-corrected chi connectivity index (χ1v) is 12.1. The van der Waals surface area contributed by atoms with Crippen molar-refractivity contribution in [2.45, 2.75) is 51.6 Å². The molecule has 1 fully saturated rings. The molecule has 1 aliphatic rings. The molecule has 1 unspecified atom stereocenters. The van der Waals surface area contributed by atoms with Crippen LogP contribution in [0.25, 0.3) is 11.3 Å². The number of benzene rings is 2. The summed E-state index contributed by atoms with van der Waals surface area (Å²) in [6.07, 6.45) is 2.89. The fourth-order valence-electron chi connectivity index (χ4n) is 4.38. The van der Waals surface area contributed by atoms with E-state index in [2.05, 4.69) is 5.32 Å². The molecule has 0 saturated heterocycles. The number of aromatic nitrogens is 1. The Bertz CT molecular complexity index is 1070. The number of halogens is 1. The van der Waals surface area contributed by atoms with E-state index in [4.69, 9.17) is 4.98 Å². The Morgan fingerprint density at radius 1 is 1.12 bits per heavy atom. The van der Waals surface area contributed by atoms with Gasteiger partial charge >= 0.3 is 0 Å². The monoisotopic (exact) mass is 451 g/mol. The molecule has 0 aliphatic heterocycles. The summed E-state index contributed by atoms with van der Waals surface area (Å²) < 4.78 is 14.5. The molecule has 1 N–H and O–H groups in total. The van der Waals surface area contributed by atoms with Crippen molar-refractivity contribution in [1.29, 1.82) is 0 Å². The van der Waals surface area contributed by atoms with E-state index in [0.29, 0.717) is 24.3 Å². The van der Waals surface area contributed by atoms with Crippen LogP contribution in [0.3, 0.4) is 0 Å². The molecular weight excluding hydrogens is 421 g/mol. The maximum absolute atomic E-state index is 14.5. The fourth-order valence-corrected chi connectivity index (χ4v) is 5.52. The molecule has 2 aromatic carbocycles. The molecule has 1 amide bonds. The van der Waals surface area contributed by atoms with Gasteiger partial charge in [-0.2, -0.15) is 0 Å². The summed E-state index contributed by atoms with van der Waals surface area (Å²) in [5, 5.41) is 4.66. The maximum atomic E-state index is 14.5. The van der Waals surface area contributed by atoms with Crippen molar-refractivity contribution >= 4 is 17.2 Å². The van der Waals surface area contributed by atoms with Crippen molar-refractivity contribution < 1.29 is 9.18 Å². The molecule has 32 heavy (non-hydrogen) atoms. The lowest BCUT2D eigenvalue weighted by molar-refractivity contribution is -0.134. The molecule has 1 aromatic heterocycles. The van der Waals surface area contributed by atoms with Crippen molar-refractivity contribution in [3.63, 3.8) is 0 Å². The number of aryl methyl sites for hydroxylation is 1. The highest BCUT2D eigenvalue weighted by atomic mass is 32.1. The van der Waals surface area contributed by atoms with E-state index < -0.39 is 6.04 Å². The van der Waals surface area contributed by atoms with Gasteiger partial charge in [0.1, 0.15) is 16.9 Å². The van der Waals surface area contributed by atoms with Crippen molar-refractivity contribution in [3.05, 3.63) is 75.9 Å². The Balaban J connectivity index is 1.71. The molecule has 0 spiro atoms. The van der Waals surface area contributed by atoms with Gasteiger partial charge in [-0.1, -0.05) is 42.5 Å². The maximum Gasteiger partial charge on any atom is 0.244 e. The van der Waals surface area contributed by atoms with E-state index in [1.54, 1.807) is 23.5 Å². The number of carbonyl (C=O) groups is 1. The summed E-state index contributed by atoms with van der Waals surface area (Å²) in [6.45, 7) is 7.34. The summed E-state index contributed by atoms with van der Waals surface area (Å²) in [5.41, 5.74) is 1.81. The van der Waals surface area contributed by atoms with Crippen molar-refractivity contribution in [1.82, 2.24) is 15.2 Å². The van der Waals surface area contributed by atoms with Crippen LogP contribution in [0.1, 0.15) is 54.6 Å². The van der Waals surface area contributed by atoms with Crippen molar-refractivity contribution in [2.75, 3.05) is 13.1 Å². The molecule has 0 radical (unpaired) electrons. The van der Waals surface area contributed by atoms with Crippen LogP contribution < -0.4 is 5.32 Å². The van der Waals surface area contributed by atoms with Crippen LogP contribution in [0, 0.1) is 12.7 Å². The minimum absolute atomic E-state index is 0.0788. The van der Waals surface area contributed by atoms with Crippen LogP contribution in [-0.2, 0) is 10.3 Å². The molecule has 3 aromatic rings. The first kappa shape index (κ1) is 22.6. The van der Waals surface area contributed by atoms with Crippen LogP contribution in [0.4, 0.5) is 4.39 Å². The first-order chi connectivity index (χ1) is 15.5. The predicted octanol–water partition coefficient (Wildman–Crippen LogP) is 5.84. The number of hydrogen-bond donors (Lipinski definition) is 1. The van der Waals surface area contributed by atoms with Gasteiger partial charge in [-0.3, -0.25) is 10.1 Å². The van der Waals surface area contributed by atoms with E-state index in [-0.39, 0.29) is 17.3 Å². The number of rotatable bonds is 8. The molecule has 0 bridgehead atoms. The number of thiazole rings is 1. The van der Waals surface area contributed by atoms with Gasteiger partial charge in [-0.15, -0.1) is 11.3 Å². The Kier molecular flexibility index (Phi) is 6.72. The third-order valence-electron chi connectivity index (χ3n) is 6.42. The van der Waals surface area contributed by atoms with Gasteiger partial charge < -0.3 is 4.90 Å². The van der Waals surface area contributed by atoms with Gasteiger partial charge in [-0.05, 0) is 57.7 Å². The SMILES string of the molecule is CCN(CC)C(=O)C(NC1(c2nc(-c3ccccc3F)c(C)s2)CCC1)c1ccccc1. The van der Waals surface area contributed by atoms with Crippen LogP contribution in [-0.4, -0.2) is 28.9 Å². The normalized spacial score (nSPS) is 15.8. The Morgan fingerprint density at radius 2 is 1.78 bits per heavy atom. The zero-order valence-electron chi connectivity index (χ0n) is 18.9. The highest BCUT2D eigenvalue weighted by Gasteiger charge is 2.45. The lowest BCUT2D eigenvalue weighted by atomic mass is 9.76. The summed E-state index contributed by atoms with van der Waals surface area (Å²) in [6, 6.07) is 16.2. The second kappa shape index (κ2) is 9.51. The summed E-state index contributed by atoms with van der Waals surface area (Å²) in [5.74, 6) is -0.183. The van der Waals surface area contributed by atoms with Gasteiger partial charge in [-0.25, -0.2) is 9.37 Å².